The predicted molar refractivity (Wildman–Crippen MR) is 255 cm³/mol. The van der Waals surface area contributed by atoms with Gasteiger partial charge in [0.15, 0.2) is 0 Å². The van der Waals surface area contributed by atoms with Gasteiger partial charge in [0.25, 0.3) is 41.5 Å². The summed E-state index contributed by atoms with van der Waals surface area (Å²) in [6, 6.07) is 29.0. The minimum atomic E-state index is -4.58. The van der Waals surface area contributed by atoms with E-state index in [1.807, 2.05) is 45.9 Å². The fraction of sp³-hybridized carbons (Fsp3) is 0.125. The van der Waals surface area contributed by atoms with Crippen LogP contribution in [0.2, 0.25) is 0 Å². The Bertz CT molecular complexity index is 3880. The van der Waals surface area contributed by atoms with E-state index in [0.29, 0.717) is 48.1 Å². The predicted octanol–water partition coefficient (Wildman–Crippen LogP) is 10.7. The number of para-hydroxylation sites is 1. The molecule has 0 aliphatic carbocycles. The van der Waals surface area contributed by atoms with Gasteiger partial charge in [0.1, 0.15) is 34.5 Å². The summed E-state index contributed by atoms with van der Waals surface area (Å²) in [7, 11) is -13.6. The Hall–Kier alpha value is -6.71. The summed E-state index contributed by atoms with van der Waals surface area (Å²) in [5, 5.41) is 1.81. The molecule has 2 aromatic heterocycles. The van der Waals surface area contributed by atoms with Gasteiger partial charge in [-0.2, -0.15) is 25.3 Å². The lowest BCUT2D eigenvalue weighted by molar-refractivity contribution is 0.476. The van der Waals surface area contributed by atoms with Crippen LogP contribution in [0.4, 0.5) is 0 Å². The molecule has 9 rings (SSSR count). The van der Waals surface area contributed by atoms with E-state index in [0.717, 1.165) is 28.8 Å². The molecule has 15 nitrogen and oxygen atoms in total. The van der Waals surface area contributed by atoms with Gasteiger partial charge >= 0.3 is 0 Å². The summed E-state index contributed by atoms with van der Waals surface area (Å²) in [6.45, 7) is 7.78. The zero-order valence-electron chi connectivity index (χ0n) is 35.6. The fourth-order valence-electron chi connectivity index (χ4n) is 8.14. The quantitative estimate of drug-likeness (QED) is 0.0588. The van der Waals surface area contributed by atoms with Gasteiger partial charge in [0.2, 0.25) is 0 Å². The second-order valence-electron chi connectivity index (χ2n) is 16.2. The third-order valence-electron chi connectivity index (χ3n) is 11.2. The van der Waals surface area contributed by atoms with E-state index in [4.69, 9.17) is 14.2 Å². The highest BCUT2D eigenvalue weighted by Crippen LogP contribution is 2.48. The summed E-state index contributed by atoms with van der Waals surface area (Å²) in [6.07, 6.45) is 0. The molecule has 0 unspecified atom stereocenters. The fourth-order valence-corrected chi connectivity index (χ4v) is 10.8. The lowest BCUT2D eigenvalue weighted by Gasteiger charge is -2.23. The maximum Gasteiger partial charge on any atom is 0.294 e. The molecule has 0 bridgehead atoms. The smallest absolute Gasteiger partial charge is 0.294 e. The van der Waals surface area contributed by atoms with Gasteiger partial charge < -0.3 is 14.2 Å². The third-order valence-corrected chi connectivity index (χ3v) is 14.9. The number of fused-ring (bicyclic) bond motifs is 2. The first kappa shape index (κ1) is 45.4. The summed E-state index contributed by atoms with van der Waals surface area (Å²) >= 11 is 1.27. The molecule has 0 saturated heterocycles. The highest BCUT2D eigenvalue weighted by molar-refractivity contribution is 7.86. The van der Waals surface area contributed by atoms with Crippen LogP contribution in [0.15, 0.2) is 146 Å². The minimum Gasteiger partial charge on any atom is -0.457 e. The first-order valence-corrected chi connectivity index (χ1v) is 25.5. The number of nitrogens with zero attached hydrogens (tertiary/aromatic N) is 1. The standard InChI is InChI=1S/C48H37NO14S4/c1-25(2)34-6-5-7-35(26(3)4)46(34)49-47(50)43-38(62-28-10-17-32(18-11-28)66(55,56)57)23-37-36-21-14-30(61-27-8-15-31(16-9-27)65(52,53)54)22-40(36)64-41-24-39(44(48(49)51)45(43)42(37)41)63-29-12-19-33(20-13-29)67(58,59)60/h5-26H,1-4H3,(H,52,53,54)(H,55,56,57)(H,58,59,60). The van der Waals surface area contributed by atoms with Crippen molar-refractivity contribution in [2.75, 3.05) is 0 Å². The van der Waals surface area contributed by atoms with Crippen molar-refractivity contribution in [3.8, 4) is 40.2 Å². The first-order valence-electron chi connectivity index (χ1n) is 20.4. The van der Waals surface area contributed by atoms with Crippen LogP contribution >= 0.6 is 11.3 Å². The molecule has 0 atom stereocenters. The number of hydrogen-bond donors (Lipinski definition) is 3. The molecule has 19 heteroatoms. The second-order valence-corrected chi connectivity index (χ2v) is 21.6. The van der Waals surface area contributed by atoms with Crippen LogP contribution in [0.25, 0.3) is 47.4 Å². The maximum absolute atomic E-state index is 15.6. The normalized spacial score (nSPS) is 12.6. The van der Waals surface area contributed by atoms with Crippen LogP contribution in [-0.4, -0.2) is 43.5 Å². The highest BCUT2D eigenvalue weighted by Gasteiger charge is 2.29. The molecular formula is C48H37NO14S4. The van der Waals surface area contributed by atoms with E-state index in [1.54, 1.807) is 30.3 Å². The Labute approximate surface area is 386 Å². The Balaban J connectivity index is 1.39. The SMILES string of the molecule is CC(C)c1cccc(C(C)C)c1-n1c(=O)c2c(Oc3ccc(S(=O)(=O)O)cc3)cc3sc4cc(Oc5ccc(S(=O)(=O)O)cc5)ccc4c4cc(Oc5ccc(S(=O)(=O)O)cc5)c(c1=O)c2c34. The minimum absolute atomic E-state index is 0.0122. The van der Waals surface area contributed by atoms with E-state index in [-0.39, 0.29) is 61.6 Å². The average Bonchev–Trinajstić information content (AvgIpc) is 3.25. The van der Waals surface area contributed by atoms with Gasteiger partial charge in [0, 0.05) is 20.2 Å². The molecule has 2 heterocycles. The molecule has 0 aliphatic heterocycles. The third kappa shape index (κ3) is 8.39. The summed E-state index contributed by atoms with van der Waals surface area (Å²) in [5.74, 6) is 0.437. The summed E-state index contributed by atoms with van der Waals surface area (Å²) in [4.78, 5) is 30.0. The topological polar surface area (TPSA) is 230 Å². The van der Waals surface area contributed by atoms with Crippen LogP contribution < -0.4 is 25.3 Å². The highest BCUT2D eigenvalue weighted by atomic mass is 32.2. The van der Waals surface area contributed by atoms with Crippen molar-refractivity contribution in [2.24, 2.45) is 0 Å². The Morgan fingerprint density at radius 3 is 1.31 bits per heavy atom. The van der Waals surface area contributed by atoms with Crippen molar-refractivity contribution >= 4 is 83.4 Å². The van der Waals surface area contributed by atoms with Crippen LogP contribution in [0.3, 0.4) is 0 Å². The van der Waals surface area contributed by atoms with Crippen molar-refractivity contribution < 1.29 is 53.1 Å². The zero-order chi connectivity index (χ0) is 47.9. The van der Waals surface area contributed by atoms with Gasteiger partial charge in [-0.3, -0.25) is 23.2 Å². The summed E-state index contributed by atoms with van der Waals surface area (Å²) in [5.41, 5.74) is 0.372. The van der Waals surface area contributed by atoms with Gasteiger partial charge in [0.05, 0.1) is 31.1 Å². The Kier molecular flexibility index (Phi) is 11.2. The molecule has 9 aromatic rings. The number of aromatic nitrogens is 1. The maximum atomic E-state index is 15.6. The van der Waals surface area contributed by atoms with Crippen LogP contribution in [0.5, 0.6) is 34.5 Å². The number of ether oxygens (including phenoxy) is 3. The van der Waals surface area contributed by atoms with Crippen molar-refractivity contribution in [1.82, 2.24) is 4.57 Å². The van der Waals surface area contributed by atoms with Gasteiger partial charge in [-0.05, 0) is 137 Å². The number of rotatable bonds is 12. The summed E-state index contributed by atoms with van der Waals surface area (Å²) < 4.78 is 121. The van der Waals surface area contributed by atoms with E-state index in [2.05, 4.69) is 0 Å². The van der Waals surface area contributed by atoms with Gasteiger partial charge in [-0.25, -0.2) is 4.57 Å². The van der Waals surface area contributed by atoms with Crippen LogP contribution in [0, 0.1) is 0 Å². The van der Waals surface area contributed by atoms with Crippen molar-refractivity contribution in [3.05, 3.63) is 153 Å². The van der Waals surface area contributed by atoms with Gasteiger partial charge in [-0.15, -0.1) is 11.3 Å². The molecule has 0 fully saturated rings. The first-order chi connectivity index (χ1) is 31.6. The number of benzene rings is 7. The van der Waals surface area contributed by atoms with Crippen molar-refractivity contribution in [2.45, 2.75) is 54.2 Å². The lowest BCUT2D eigenvalue weighted by atomic mass is 9.91. The van der Waals surface area contributed by atoms with E-state index in [1.165, 1.54) is 59.9 Å². The van der Waals surface area contributed by atoms with E-state index in [9.17, 15) is 38.9 Å². The largest absolute Gasteiger partial charge is 0.457 e. The Morgan fingerprint density at radius 2 is 0.881 bits per heavy atom. The van der Waals surface area contributed by atoms with E-state index < -0.39 is 51.3 Å². The molecule has 3 N–H and O–H groups in total. The molecule has 0 saturated carbocycles. The number of pyridine rings is 1. The molecule has 0 spiro atoms. The van der Waals surface area contributed by atoms with E-state index >= 15 is 9.59 Å². The average molecular weight is 980 g/mol. The molecule has 0 aliphatic rings. The molecular weight excluding hydrogens is 943 g/mol. The van der Waals surface area contributed by atoms with Gasteiger partial charge in [-0.1, -0.05) is 45.9 Å². The second kappa shape index (κ2) is 16.6. The molecule has 0 radical (unpaired) electrons. The molecule has 67 heavy (non-hydrogen) atoms. The molecule has 342 valence electrons. The van der Waals surface area contributed by atoms with Crippen LogP contribution in [0.1, 0.15) is 50.7 Å². The molecule has 0 amide bonds. The van der Waals surface area contributed by atoms with Crippen molar-refractivity contribution in [1.29, 1.82) is 0 Å². The van der Waals surface area contributed by atoms with Crippen molar-refractivity contribution in [3.63, 3.8) is 0 Å². The monoisotopic (exact) mass is 979 g/mol. The number of hydrogen-bond acceptors (Lipinski definition) is 12. The molecule has 7 aromatic carbocycles. The van der Waals surface area contributed by atoms with Crippen LogP contribution in [-0.2, 0) is 30.4 Å². The lowest BCUT2D eigenvalue weighted by Crippen LogP contribution is -2.34. The zero-order valence-corrected chi connectivity index (χ0v) is 38.9. The Morgan fingerprint density at radius 1 is 0.463 bits per heavy atom.